The molecule has 1 saturated heterocycles. The van der Waals surface area contributed by atoms with Crippen molar-refractivity contribution in [2.75, 3.05) is 19.3 Å². The maximum absolute atomic E-state index is 11.0. The molecule has 1 rings (SSSR count). The van der Waals surface area contributed by atoms with Gasteiger partial charge in [-0.15, -0.1) is 0 Å². The first-order chi connectivity index (χ1) is 5.41. The summed E-state index contributed by atoms with van der Waals surface area (Å²) in [6, 6.07) is 0. The highest BCUT2D eigenvalue weighted by atomic mass is 79.9. The number of piperidine rings is 1. The Morgan fingerprint density at radius 1 is 1.58 bits per heavy atom. The van der Waals surface area contributed by atoms with Gasteiger partial charge < -0.3 is 5.11 Å². The fraction of sp³-hybridized carbons (Fsp3) is 1.00. The smallest absolute Gasteiger partial charge is 0.211 e. The Labute approximate surface area is 80.7 Å². The van der Waals surface area contributed by atoms with Crippen molar-refractivity contribution < 1.29 is 13.5 Å². The second-order valence-electron chi connectivity index (χ2n) is 2.99. The van der Waals surface area contributed by atoms with Crippen LogP contribution in [0.5, 0.6) is 0 Å². The van der Waals surface area contributed by atoms with E-state index in [1.807, 2.05) is 0 Å². The van der Waals surface area contributed by atoms with E-state index in [9.17, 15) is 13.5 Å². The Bertz CT molecular complexity index is 254. The molecule has 0 saturated carbocycles. The van der Waals surface area contributed by atoms with Gasteiger partial charge in [-0.1, -0.05) is 15.9 Å². The van der Waals surface area contributed by atoms with Gasteiger partial charge >= 0.3 is 0 Å². The first-order valence-corrected chi connectivity index (χ1v) is 6.45. The van der Waals surface area contributed by atoms with Crippen LogP contribution in [0.2, 0.25) is 0 Å². The summed E-state index contributed by atoms with van der Waals surface area (Å²) in [5.41, 5.74) is 0. The van der Waals surface area contributed by atoms with E-state index in [1.54, 1.807) is 0 Å². The molecule has 6 heteroatoms. The summed E-state index contributed by atoms with van der Waals surface area (Å²) in [7, 11) is -3.13. The summed E-state index contributed by atoms with van der Waals surface area (Å²) in [5, 5.41) is 9.36. The molecule has 0 radical (unpaired) electrons. The lowest BCUT2D eigenvalue weighted by Gasteiger charge is -2.31. The zero-order chi connectivity index (χ0) is 9.35. The highest BCUT2D eigenvalue weighted by Crippen LogP contribution is 2.19. The zero-order valence-corrected chi connectivity index (χ0v) is 9.18. The summed E-state index contributed by atoms with van der Waals surface area (Å²) in [6.45, 7) is 0.695. The van der Waals surface area contributed by atoms with Crippen LogP contribution in [0.1, 0.15) is 6.42 Å². The maximum Gasteiger partial charge on any atom is 0.211 e. The van der Waals surface area contributed by atoms with E-state index < -0.39 is 16.1 Å². The van der Waals surface area contributed by atoms with Crippen LogP contribution in [0.25, 0.3) is 0 Å². The molecule has 0 aromatic heterocycles. The summed E-state index contributed by atoms with van der Waals surface area (Å²) in [5.74, 6) is 0. The first-order valence-electron chi connectivity index (χ1n) is 3.68. The van der Waals surface area contributed by atoms with Crippen LogP contribution in [-0.2, 0) is 10.0 Å². The van der Waals surface area contributed by atoms with Crippen LogP contribution < -0.4 is 0 Å². The van der Waals surface area contributed by atoms with Crippen LogP contribution in [0.15, 0.2) is 0 Å². The number of sulfonamides is 1. The van der Waals surface area contributed by atoms with Crippen LogP contribution in [-0.4, -0.2) is 48.1 Å². The minimum Gasteiger partial charge on any atom is -0.391 e. The number of hydrogen-bond donors (Lipinski definition) is 1. The average Bonchev–Trinajstić information content (AvgIpc) is 1.92. The number of aliphatic hydroxyl groups is 1. The van der Waals surface area contributed by atoms with Gasteiger partial charge in [-0.25, -0.2) is 8.42 Å². The molecule has 1 aliphatic heterocycles. The third-order valence-electron chi connectivity index (χ3n) is 1.93. The Morgan fingerprint density at radius 2 is 2.17 bits per heavy atom. The maximum atomic E-state index is 11.0. The van der Waals surface area contributed by atoms with Gasteiger partial charge in [-0.2, -0.15) is 4.31 Å². The third kappa shape index (κ3) is 2.42. The van der Waals surface area contributed by atoms with Crippen LogP contribution in [0.3, 0.4) is 0 Å². The second-order valence-corrected chi connectivity index (χ2v) is 6.15. The van der Waals surface area contributed by atoms with Gasteiger partial charge in [-0.3, -0.25) is 0 Å². The molecule has 1 fully saturated rings. The van der Waals surface area contributed by atoms with Crippen molar-refractivity contribution in [2.24, 2.45) is 0 Å². The van der Waals surface area contributed by atoms with E-state index >= 15 is 0 Å². The molecule has 2 atom stereocenters. The fourth-order valence-electron chi connectivity index (χ4n) is 1.18. The van der Waals surface area contributed by atoms with Crippen molar-refractivity contribution in [3.8, 4) is 0 Å². The molecule has 1 aliphatic rings. The number of alkyl halides is 1. The number of nitrogens with zero attached hydrogens (tertiary/aromatic N) is 1. The minimum atomic E-state index is -3.13. The molecular weight excluding hydrogens is 246 g/mol. The molecule has 0 aromatic rings. The van der Waals surface area contributed by atoms with Crippen molar-refractivity contribution in [3.05, 3.63) is 0 Å². The van der Waals surface area contributed by atoms with Crippen molar-refractivity contribution in [2.45, 2.75) is 17.4 Å². The van der Waals surface area contributed by atoms with Crippen molar-refractivity contribution in [1.82, 2.24) is 4.31 Å². The molecule has 0 bridgehead atoms. The SMILES string of the molecule is CS(=O)(=O)N1CCC(Br)C(O)C1. The predicted octanol–water partition coefficient (Wildman–Crippen LogP) is -0.224. The van der Waals surface area contributed by atoms with Gasteiger partial charge in [0.25, 0.3) is 0 Å². The number of rotatable bonds is 1. The van der Waals surface area contributed by atoms with Gasteiger partial charge in [0.15, 0.2) is 0 Å². The number of β-amino-alcohol motifs (C(OH)–C–C–N with tert-alkyl or cyclic N) is 1. The van der Waals surface area contributed by atoms with Crippen molar-refractivity contribution in [3.63, 3.8) is 0 Å². The van der Waals surface area contributed by atoms with Crippen LogP contribution >= 0.6 is 15.9 Å². The number of halogens is 1. The summed E-state index contributed by atoms with van der Waals surface area (Å²) in [4.78, 5) is 0.0236. The van der Waals surface area contributed by atoms with E-state index in [-0.39, 0.29) is 11.4 Å². The summed E-state index contributed by atoms with van der Waals surface area (Å²) >= 11 is 3.28. The quantitative estimate of drug-likeness (QED) is 0.661. The van der Waals surface area contributed by atoms with E-state index in [0.29, 0.717) is 13.0 Å². The average molecular weight is 258 g/mol. The zero-order valence-electron chi connectivity index (χ0n) is 6.77. The third-order valence-corrected chi connectivity index (χ3v) is 4.27. The normalized spacial score (nSPS) is 33.6. The van der Waals surface area contributed by atoms with E-state index in [1.165, 1.54) is 4.31 Å². The molecular formula is C6H12BrNO3S. The Hall–Kier alpha value is 0.350. The first kappa shape index (κ1) is 10.4. The number of aliphatic hydroxyl groups excluding tert-OH is 1. The topological polar surface area (TPSA) is 57.6 Å². The lowest BCUT2D eigenvalue weighted by Crippen LogP contribution is -2.46. The fourth-order valence-corrected chi connectivity index (χ4v) is 2.41. The molecule has 1 N–H and O–H groups in total. The van der Waals surface area contributed by atoms with E-state index in [2.05, 4.69) is 15.9 Å². The molecule has 0 aliphatic carbocycles. The molecule has 0 amide bonds. The molecule has 1 heterocycles. The predicted molar refractivity (Wildman–Crippen MR) is 49.8 cm³/mol. The van der Waals surface area contributed by atoms with Gasteiger partial charge in [0.05, 0.1) is 12.4 Å². The Balaban J connectivity index is 2.64. The standard InChI is InChI=1S/C6H12BrNO3S/c1-12(10,11)8-3-2-5(7)6(9)4-8/h5-6,9H,2-4H2,1H3. The molecule has 12 heavy (non-hydrogen) atoms. The van der Waals surface area contributed by atoms with Gasteiger partial charge in [0, 0.05) is 17.9 Å². The van der Waals surface area contributed by atoms with Gasteiger partial charge in [0.2, 0.25) is 10.0 Å². The van der Waals surface area contributed by atoms with E-state index in [4.69, 9.17) is 0 Å². The molecule has 2 unspecified atom stereocenters. The highest BCUT2D eigenvalue weighted by molar-refractivity contribution is 9.09. The lowest BCUT2D eigenvalue weighted by atomic mass is 10.1. The largest absolute Gasteiger partial charge is 0.391 e. The van der Waals surface area contributed by atoms with E-state index in [0.717, 1.165) is 6.26 Å². The monoisotopic (exact) mass is 257 g/mol. The minimum absolute atomic E-state index is 0.0236. The summed E-state index contributed by atoms with van der Waals surface area (Å²) < 4.78 is 23.4. The lowest BCUT2D eigenvalue weighted by molar-refractivity contribution is 0.116. The highest BCUT2D eigenvalue weighted by Gasteiger charge is 2.29. The van der Waals surface area contributed by atoms with Gasteiger partial charge in [0.1, 0.15) is 0 Å². The number of hydrogen-bond acceptors (Lipinski definition) is 3. The molecule has 0 spiro atoms. The van der Waals surface area contributed by atoms with Crippen molar-refractivity contribution in [1.29, 1.82) is 0 Å². The Morgan fingerprint density at radius 3 is 2.58 bits per heavy atom. The van der Waals surface area contributed by atoms with Gasteiger partial charge in [-0.05, 0) is 6.42 Å². The van der Waals surface area contributed by atoms with Crippen molar-refractivity contribution >= 4 is 26.0 Å². The molecule has 0 aromatic carbocycles. The Kier molecular flexibility index (Phi) is 3.14. The molecule has 4 nitrogen and oxygen atoms in total. The second kappa shape index (κ2) is 3.61. The van der Waals surface area contributed by atoms with Crippen LogP contribution in [0, 0.1) is 0 Å². The van der Waals surface area contributed by atoms with Crippen LogP contribution in [0.4, 0.5) is 0 Å². The summed E-state index contributed by atoms with van der Waals surface area (Å²) in [6.07, 6.45) is 1.23. The molecule has 72 valence electrons.